The van der Waals surface area contributed by atoms with Crippen LogP contribution in [0.2, 0.25) is 0 Å². The second-order valence-electron chi connectivity index (χ2n) is 7.30. The van der Waals surface area contributed by atoms with E-state index < -0.39 is 0 Å². The van der Waals surface area contributed by atoms with Crippen LogP contribution in [0.15, 0.2) is 0 Å². The SMILES string of the molecule is CCN1CCC(N(C)C2CCCC(C)(C)C2N)CC1. The molecule has 0 aromatic heterocycles. The Balaban J connectivity index is 1.94. The highest BCUT2D eigenvalue weighted by molar-refractivity contribution is 4.97. The number of hydrogen-bond acceptors (Lipinski definition) is 3. The fraction of sp³-hybridized carbons (Fsp3) is 1.00. The van der Waals surface area contributed by atoms with E-state index in [0.29, 0.717) is 17.5 Å². The molecule has 1 saturated carbocycles. The maximum Gasteiger partial charge on any atom is 0.0252 e. The summed E-state index contributed by atoms with van der Waals surface area (Å²) < 4.78 is 0. The molecule has 2 rings (SSSR count). The van der Waals surface area contributed by atoms with Crippen LogP contribution in [0, 0.1) is 5.41 Å². The van der Waals surface area contributed by atoms with Gasteiger partial charge in [0.05, 0.1) is 0 Å². The first-order valence-electron chi connectivity index (χ1n) is 8.15. The second-order valence-corrected chi connectivity index (χ2v) is 7.30. The maximum atomic E-state index is 6.57. The van der Waals surface area contributed by atoms with Crippen LogP contribution >= 0.6 is 0 Å². The molecule has 2 fully saturated rings. The van der Waals surface area contributed by atoms with Crippen molar-refractivity contribution in [2.75, 3.05) is 26.7 Å². The average molecular weight is 267 g/mol. The Morgan fingerprint density at radius 3 is 2.42 bits per heavy atom. The number of nitrogens with zero attached hydrogens (tertiary/aromatic N) is 2. The van der Waals surface area contributed by atoms with E-state index in [9.17, 15) is 0 Å². The molecule has 112 valence electrons. The first-order chi connectivity index (χ1) is 8.95. The smallest absolute Gasteiger partial charge is 0.0252 e. The van der Waals surface area contributed by atoms with Gasteiger partial charge in [0.2, 0.25) is 0 Å². The van der Waals surface area contributed by atoms with Gasteiger partial charge in [0.25, 0.3) is 0 Å². The molecule has 0 bridgehead atoms. The zero-order valence-electron chi connectivity index (χ0n) is 13.4. The summed E-state index contributed by atoms with van der Waals surface area (Å²) in [5.74, 6) is 0. The van der Waals surface area contributed by atoms with Crippen LogP contribution in [0.25, 0.3) is 0 Å². The van der Waals surface area contributed by atoms with Crippen LogP contribution < -0.4 is 5.73 Å². The van der Waals surface area contributed by atoms with E-state index in [2.05, 4.69) is 37.6 Å². The molecule has 2 unspecified atom stereocenters. The van der Waals surface area contributed by atoms with Gasteiger partial charge in [-0.1, -0.05) is 27.2 Å². The maximum absolute atomic E-state index is 6.57. The lowest BCUT2D eigenvalue weighted by Gasteiger charge is -2.49. The molecule has 1 aliphatic carbocycles. The van der Waals surface area contributed by atoms with Gasteiger partial charge in [-0.15, -0.1) is 0 Å². The normalized spacial score (nSPS) is 33.8. The molecule has 0 spiro atoms. The van der Waals surface area contributed by atoms with Crippen molar-refractivity contribution in [3.05, 3.63) is 0 Å². The molecule has 3 nitrogen and oxygen atoms in total. The van der Waals surface area contributed by atoms with E-state index in [1.165, 1.54) is 51.7 Å². The van der Waals surface area contributed by atoms with Crippen LogP contribution in [-0.2, 0) is 0 Å². The summed E-state index contributed by atoms with van der Waals surface area (Å²) >= 11 is 0. The van der Waals surface area contributed by atoms with Crippen LogP contribution in [0.4, 0.5) is 0 Å². The fourth-order valence-corrected chi connectivity index (χ4v) is 4.00. The van der Waals surface area contributed by atoms with Crippen molar-refractivity contribution in [1.82, 2.24) is 9.80 Å². The molecule has 2 aliphatic rings. The zero-order chi connectivity index (χ0) is 14.0. The molecule has 0 amide bonds. The lowest BCUT2D eigenvalue weighted by molar-refractivity contribution is 0.0343. The Labute approximate surface area is 119 Å². The number of piperidine rings is 1. The van der Waals surface area contributed by atoms with E-state index in [4.69, 9.17) is 5.73 Å². The first kappa shape index (κ1) is 15.3. The predicted octanol–water partition coefficient (Wildman–Crippen LogP) is 2.31. The van der Waals surface area contributed by atoms with Gasteiger partial charge >= 0.3 is 0 Å². The summed E-state index contributed by atoms with van der Waals surface area (Å²) in [6, 6.07) is 1.66. The summed E-state index contributed by atoms with van der Waals surface area (Å²) in [6.45, 7) is 10.7. The zero-order valence-corrected chi connectivity index (χ0v) is 13.4. The van der Waals surface area contributed by atoms with Gasteiger partial charge in [0.15, 0.2) is 0 Å². The lowest BCUT2D eigenvalue weighted by atomic mass is 9.70. The van der Waals surface area contributed by atoms with Crippen molar-refractivity contribution >= 4 is 0 Å². The molecular formula is C16H33N3. The van der Waals surface area contributed by atoms with Gasteiger partial charge < -0.3 is 10.6 Å². The number of likely N-dealkylation sites (N-methyl/N-ethyl adjacent to an activating group) is 1. The number of likely N-dealkylation sites (tertiary alicyclic amines) is 1. The van der Waals surface area contributed by atoms with Crippen LogP contribution in [0.3, 0.4) is 0 Å². The number of nitrogens with two attached hydrogens (primary N) is 1. The van der Waals surface area contributed by atoms with Crippen molar-refractivity contribution in [1.29, 1.82) is 0 Å². The van der Waals surface area contributed by atoms with E-state index in [0.717, 1.165) is 6.04 Å². The molecule has 1 saturated heterocycles. The Kier molecular flexibility index (Phi) is 4.91. The minimum Gasteiger partial charge on any atom is -0.326 e. The molecule has 19 heavy (non-hydrogen) atoms. The average Bonchev–Trinajstić information content (AvgIpc) is 2.41. The van der Waals surface area contributed by atoms with Gasteiger partial charge in [-0.2, -0.15) is 0 Å². The first-order valence-corrected chi connectivity index (χ1v) is 8.15. The second kappa shape index (κ2) is 6.11. The third kappa shape index (κ3) is 3.32. The minimum absolute atomic E-state index is 0.307. The van der Waals surface area contributed by atoms with Gasteiger partial charge in [-0.05, 0) is 57.8 Å². The van der Waals surface area contributed by atoms with Crippen molar-refractivity contribution in [2.24, 2.45) is 11.1 Å². The molecular weight excluding hydrogens is 234 g/mol. The highest BCUT2D eigenvalue weighted by Gasteiger charge is 2.40. The van der Waals surface area contributed by atoms with Gasteiger partial charge in [0.1, 0.15) is 0 Å². The fourth-order valence-electron chi connectivity index (χ4n) is 4.00. The topological polar surface area (TPSA) is 32.5 Å². The number of rotatable bonds is 3. The van der Waals surface area contributed by atoms with Crippen LogP contribution in [-0.4, -0.2) is 54.6 Å². The summed E-state index contributed by atoms with van der Waals surface area (Å²) in [4.78, 5) is 5.19. The Bertz CT molecular complexity index is 282. The molecule has 0 aromatic carbocycles. The molecule has 2 N–H and O–H groups in total. The monoisotopic (exact) mass is 267 g/mol. The predicted molar refractivity (Wildman–Crippen MR) is 82.3 cm³/mol. The Morgan fingerprint density at radius 1 is 1.21 bits per heavy atom. The third-order valence-electron chi connectivity index (χ3n) is 5.74. The van der Waals surface area contributed by atoms with E-state index in [1.54, 1.807) is 0 Å². The molecule has 0 radical (unpaired) electrons. The lowest BCUT2D eigenvalue weighted by Crippen LogP contribution is -2.59. The largest absolute Gasteiger partial charge is 0.326 e. The van der Waals surface area contributed by atoms with Crippen molar-refractivity contribution in [2.45, 2.75) is 71.0 Å². The number of hydrogen-bond donors (Lipinski definition) is 1. The quantitative estimate of drug-likeness (QED) is 0.852. The van der Waals surface area contributed by atoms with Crippen molar-refractivity contribution in [3.8, 4) is 0 Å². The third-order valence-corrected chi connectivity index (χ3v) is 5.74. The summed E-state index contributed by atoms with van der Waals surface area (Å²) in [7, 11) is 2.32. The molecule has 3 heteroatoms. The minimum atomic E-state index is 0.307. The van der Waals surface area contributed by atoms with Gasteiger partial charge in [-0.25, -0.2) is 0 Å². The highest BCUT2D eigenvalue weighted by Crippen LogP contribution is 2.37. The molecule has 2 atom stereocenters. The Morgan fingerprint density at radius 2 is 1.84 bits per heavy atom. The van der Waals surface area contributed by atoms with E-state index in [1.807, 2.05) is 0 Å². The molecule has 1 heterocycles. The van der Waals surface area contributed by atoms with Crippen LogP contribution in [0.5, 0.6) is 0 Å². The molecule has 0 aromatic rings. The van der Waals surface area contributed by atoms with Gasteiger partial charge in [-0.3, -0.25) is 4.90 Å². The van der Waals surface area contributed by atoms with E-state index >= 15 is 0 Å². The van der Waals surface area contributed by atoms with Crippen LogP contribution in [0.1, 0.15) is 52.9 Å². The van der Waals surface area contributed by atoms with E-state index in [-0.39, 0.29) is 0 Å². The summed E-state index contributed by atoms with van der Waals surface area (Å²) in [5, 5.41) is 0. The molecule has 1 aliphatic heterocycles. The van der Waals surface area contributed by atoms with Crippen molar-refractivity contribution < 1.29 is 0 Å². The summed E-state index contributed by atoms with van der Waals surface area (Å²) in [6.07, 6.45) is 6.54. The highest BCUT2D eigenvalue weighted by atomic mass is 15.2. The standard InChI is InChI=1S/C16H33N3/c1-5-19-11-8-13(9-12-19)18(4)14-7-6-10-16(2,3)15(14)17/h13-15H,5-12,17H2,1-4H3. The summed E-state index contributed by atoms with van der Waals surface area (Å²) in [5.41, 5.74) is 6.87. The van der Waals surface area contributed by atoms with Crippen molar-refractivity contribution in [3.63, 3.8) is 0 Å². The Hall–Kier alpha value is -0.120. The van der Waals surface area contributed by atoms with Gasteiger partial charge in [0, 0.05) is 18.1 Å².